The quantitative estimate of drug-likeness (QED) is 0.545. The molecule has 5 nitrogen and oxygen atoms in total. The van der Waals surface area contributed by atoms with E-state index in [9.17, 15) is 4.79 Å². The second-order valence-corrected chi connectivity index (χ2v) is 1.69. The Hall–Kier alpha value is -1.52. The van der Waals surface area contributed by atoms with Crippen molar-refractivity contribution in [2.24, 2.45) is 0 Å². The zero-order valence-corrected chi connectivity index (χ0v) is 5.42. The van der Waals surface area contributed by atoms with Crippen LogP contribution in [0.2, 0.25) is 0 Å². The van der Waals surface area contributed by atoms with Gasteiger partial charge in [0.1, 0.15) is 5.69 Å². The van der Waals surface area contributed by atoms with Gasteiger partial charge in [0.15, 0.2) is 0 Å². The summed E-state index contributed by atoms with van der Waals surface area (Å²) in [5.74, 6) is 0.106. The van der Waals surface area contributed by atoms with E-state index in [0.29, 0.717) is 0 Å². The Bertz CT molecular complexity index is 280. The zero-order valence-electron chi connectivity index (χ0n) is 5.42. The van der Waals surface area contributed by atoms with E-state index in [1.165, 1.54) is 13.3 Å². The molecule has 0 fully saturated rings. The van der Waals surface area contributed by atoms with Crippen molar-refractivity contribution in [2.75, 3.05) is 12.8 Å². The molecule has 0 atom stereocenters. The van der Waals surface area contributed by atoms with E-state index in [1.807, 2.05) is 0 Å². The van der Waals surface area contributed by atoms with Gasteiger partial charge < -0.3 is 10.5 Å². The van der Waals surface area contributed by atoms with Gasteiger partial charge in [-0.05, 0) is 0 Å². The van der Waals surface area contributed by atoms with Gasteiger partial charge in [-0.3, -0.25) is 4.79 Å². The van der Waals surface area contributed by atoms with Gasteiger partial charge in [0.25, 0.3) is 0 Å². The molecular weight excluding hydrogens is 134 g/mol. The van der Waals surface area contributed by atoms with Crippen LogP contribution in [0.5, 0.6) is 5.75 Å². The summed E-state index contributed by atoms with van der Waals surface area (Å²) in [7, 11) is 1.38. The fourth-order valence-electron chi connectivity index (χ4n) is 0.611. The first-order valence-corrected chi connectivity index (χ1v) is 2.63. The summed E-state index contributed by atoms with van der Waals surface area (Å²) in [5.41, 5.74) is 5.15. The van der Waals surface area contributed by atoms with Crippen LogP contribution in [-0.2, 0) is 0 Å². The standard InChI is InChI=1S/C5H7N3O2/c1-10-4-3(6)2-7-8-5(4)9/h2H,1H3,(H3,6,8,9). The molecule has 0 aliphatic rings. The first-order valence-electron chi connectivity index (χ1n) is 2.63. The van der Waals surface area contributed by atoms with Gasteiger partial charge in [-0.25, -0.2) is 5.10 Å². The van der Waals surface area contributed by atoms with Crippen molar-refractivity contribution in [3.8, 4) is 5.75 Å². The van der Waals surface area contributed by atoms with Gasteiger partial charge in [0.2, 0.25) is 5.75 Å². The summed E-state index contributed by atoms with van der Waals surface area (Å²) >= 11 is 0. The molecule has 1 heterocycles. The number of hydrogen-bond donors (Lipinski definition) is 2. The predicted molar refractivity (Wildman–Crippen MR) is 35.8 cm³/mol. The molecule has 1 aromatic heterocycles. The van der Waals surface area contributed by atoms with Crippen LogP contribution in [0.1, 0.15) is 0 Å². The number of nitrogens with one attached hydrogen (secondary N) is 1. The SMILES string of the molecule is COc1c(N)cn[nH]c1=O. The summed E-state index contributed by atoms with van der Waals surface area (Å²) in [6, 6.07) is 0. The predicted octanol–water partition coefficient (Wildman–Crippen LogP) is -0.639. The van der Waals surface area contributed by atoms with Crippen LogP contribution in [0.4, 0.5) is 5.69 Å². The van der Waals surface area contributed by atoms with Crippen LogP contribution in [0.3, 0.4) is 0 Å². The molecule has 0 saturated carbocycles. The topological polar surface area (TPSA) is 81.0 Å². The van der Waals surface area contributed by atoms with E-state index >= 15 is 0 Å². The molecule has 1 rings (SSSR count). The minimum Gasteiger partial charge on any atom is -0.490 e. The maximum atomic E-state index is 10.7. The number of H-pyrrole nitrogens is 1. The summed E-state index contributed by atoms with van der Waals surface area (Å²) in [6.45, 7) is 0. The van der Waals surface area contributed by atoms with Crippen molar-refractivity contribution < 1.29 is 4.74 Å². The summed E-state index contributed by atoms with van der Waals surface area (Å²) in [5, 5.41) is 5.63. The monoisotopic (exact) mass is 141 g/mol. The van der Waals surface area contributed by atoms with Gasteiger partial charge >= 0.3 is 5.56 Å². The smallest absolute Gasteiger partial charge is 0.308 e. The average molecular weight is 141 g/mol. The maximum Gasteiger partial charge on any atom is 0.308 e. The lowest BCUT2D eigenvalue weighted by molar-refractivity contribution is 0.409. The molecule has 0 amide bonds. The van der Waals surface area contributed by atoms with Crippen LogP contribution >= 0.6 is 0 Å². The number of aromatic nitrogens is 2. The minimum absolute atomic E-state index is 0.106. The highest BCUT2D eigenvalue weighted by atomic mass is 16.5. The number of nitrogens with two attached hydrogens (primary N) is 1. The fourth-order valence-corrected chi connectivity index (χ4v) is 0.611. The molecule has 3 N–H and O–H groups in total. The molecule has 1 aromatic rings. The van der Waals surface area contributed by atoms with Gasteiger partial charge in [0, 0.05) is 0 Å². The molecule has 0 aromatic carbocycles. The molecule has 0 aliphatic carbocycles. The first kappa shape index (κ1) is 6.60. The number of ether oxygens (including phenoxy) is 1. The maximum absolute atomic E-state index is 10.7. The lowest BCUT2D eigenvalue weighted by atomic mass is 10.4. The molecule has 0 aliphatic heterocycles. The molecule has 10 heavy (non-hydrogen) atoms. The van der Waals surface area contributed by atoms with Crippen molar-refractivity contribution in [3.63, 3.8) is 0 Å². The van der Waals surface area contributed by atoms with E-state index in [-0.39, 0.29) is 11.4 Å². The van der Waals surface area contributed by atoms with Gasteiger partial charge in [0.05, 0.1) is 13.3 Å². The lowest BCUT2D eigenvalue weighted by Crippen LogP contribution is -2.12. The second-order valence-electron chi connectivity index (χ2n) is 1.69. The number of anilines is 1. The van der Waals surface area contributed by atoms with E-state index in [1.54, 1.807) is 0 Å². The molecule has 54 valence electrons. The molecular formula is C5H7N3O2. The van der Waals surface area contributed by atoms with Crippen LogP contribution in [0, 0.1) is 0 Å². The molecule has 0 spiro atoms. The minimum atomic E-state index is -0.414. The Morgan fingerprint density at radius 3 is 2.90 bits per heavy atom. The van der Waals surface area contributed by atoms with Crippen LogP contribution in [-0.4, -0.2) is 17.3 Å². The Kier molecular flexibility index (Phi) is 1.57. The van der Waals surface area contributed by atoms with Crippen LogP contribution in [0.15, 0.2) is 11.0 Å². The van der Waals surface area contributed by atoms with Gasteiger partial charge in [-0.15, -0.1) is 0 Å². The molecule has 0 radical (unpaired) electrons. The number of methoxy groups -OCH3 is 1. The Labute approximate surface area is 56.8 Å². The Morgan fingerprint density at radius 2 is 2.50 bits per heavy atom. The number of rotatable bonds is 1. The normalized spacial score (nSPS) is 9.30. The van der Waals surface area contributed by atoms with E-state index in [0.717, 1.165) is 0 Å². The molecule has 0 unspecified atom stereocenters. The third kappa shape index (κ3) is 0.928. The van der Waals surface area contributed by atoms with Gasteiger partial charge in [-0.2, -0.15) is 5.10 Å². The number of hydrogen-bond acceptors (Lipinski definition) is 4. The summed E-state index contributed by atoms with van der Waals surface area (Å²) in [6.07, 6.45) is 1.32. The largest absolute Gasteiger partial charge is 0.490 e. The van der Waals surface area contributed by atoms with Crippen molar-refractivity contribution >= 4 is 5.69 Å². The van der Waals surface area contributed by atoms with E-state index in [4.69, 9.17) is 5.73 Å². The number of nitrogen functional groups attached to an aromatic ring is 1. The van der Waals surface area contributed by atoms with Crippen molar-refractivity contribution in [1.82, 2.24) is 10.2 Å². The highest BCUT2D eigenvalue weighted by Crippen LogP contribution is 2.09. The number of aromatic amines is 1. The second kappa shape index (κ2) is 2.38. The third-order valence-electron chi connectivity index (χ3n) is 1.04. The van der Waals surface area contributed by atoms with Crippen molar-refractivity contribution in [2.45, 2.75) is 0 Å². The molecule has 0 saturated heterocycles. The van der Waals surface area contributed by atoms with Crippen LogP contribution in [0.25, 0.3) is 0 Å². The summed E-state index contributed by atoms with van der Waals surface area (Å²) < 4.78 is 4.67. The Morgan fingerprint density at radius 1 is 1.80 bits per heavy atom. The fraction of sp³-hybridized carbons (Fsp3) is 0.200. The lowest BCUT2D eigenvalue weighted by Gasteiger charge is -1.98. The molecule has 0 bridgehead atoms. The van der Waals surface area contributed by atoms with E-state index in [2.05, 4.69) is 14.9 Å². The number of nitrogens with zero attached hydrogens (tertiary/aromatic N) is 1. The van der Waals surface area contributed by atoms with Crippen molar-refractivity contribution in [3.05, 3.63) is 16.6 Å². The van der Waals surface area contributed by atoms with Crippen LogP contribution < -0.4 is 16.0 Å². The highest BCUT2D eigenvalue weighted by molar-refractivity contribution is 5.47. The summed E-state index contributed by atoms with van der Waals surface area (Å²) in [4.78, 5) is 10.7. The first-order chi connectivity index (χ1) is 4.75. The van der Waals surface area contributed by atoms with Gasteiger partial charge in [-0.1, -0.05) is 0 Å². The van der Waals surface area contributed by atoms with Crippen molar-refractivity contribution in [1.29, 1.82) is 0 Å². The average Bonchev–Trinajstić information content (AvgIpc) is 1.88. The molecule has 5 heteroatoms. The zero-order chi connectivity index (χ0) is 7.56. The third-order valence-corrected chi connectivity index (χ3v) is 1.04. The van der Waals surface area contributed by atoms with E-state index < -0.39 is 5.56 Å². The Balaban J connectivity index is 3.31. The highest BCUT2D eigenvalue weighted by Gasteiger charge is 2.01.